The second-order valence-corrected chi connectivity index (χ2v) is 4.30. The van der Waals surface area contributed by atoms with Gasteiger partial charge in [-0.2, -0.15) is 0 Å². The molecule has 6 nitrogen and oxygen atoms in total. The number of esters is 1. The van der Waals surface area contributed by atoms with Gasteiger partial charge in [0.25, 0.3) is 0 Å². The third kappa shape index (κ3) is 6.41. The Balaban J connectivity index is 4.44. The van der Waals surface area contributed by atoms with Crippen molar-refractivity contribution in [3.63, 3.8) is 0 Å². The molecule has 0 saturated heterocycles. The van der Waals surface area contributed by atoms with E-state index in [4.69, 9.17) is 5.11 Å². The molecule has 0 aromatic heterocycles. The highest BCUT2D eigenvalue weighted by Gasteiger charge is 2.18. The normalized spacial score (nSPS) is 15.9. The molecule has 0 saturated carbocycles. The first kappa shape index (κ1) is 14.3. The van der Waals surface area contributed by atoms with Gasteiger partial charge in [0.2, 0.25) is 0 Å². The fourth-order valence-corrected chi connectivity index (χ4v) is 1.76. The molecule has 1 atom stereocenters. The first-order chi connectivity index (χ1) is 6.93. The molecule has 0 aliphatic heterocycles. The Morgan fingerprint density at radius 1 is 1.53 bits per heavy atom. The minimum atomic E-state index is -3.97. The molecular formula is C8H15O6P. The number of carbonyl (C=O) groups excluding carboxylic acids is 1. The number of hydrogen-bond donors (Lipinski definition) is 2. The van der Waals surface area contributed by atoms with E-state index in [0.29, 0.717) is 0 Å². The summed E-state index contributed by atoms with van der Waals surface area (Å²) in [5.41, 5.74) is 0.000577. The highest BCUT2D eigenvalue weighted by molar-refractivity contribution is 7.56. The van der Waals surface area contributed by atoms with Crippen molar-refractivity contribution in [1.29, 1.82) is 0 Å². The number of hydrogen-bond acceptors (Lipinski definition) is 5. The summed E-state index contributed by atoms with van der Waals surface area (Å²) in [6.45, 7) is 2.55. The maximum atomic E-state index is 11.2. The predicted octanol–water partition coefficient (Wildman–Crippen LogP) is 0.648. The van der Waals surface area contributed by atoms with E-state index < -0.39 is 13.6 Å². The lowest BCUT2D eigenvalue weighted by Gasteiger charge is -2.08. The van der Waals surface area contributed by atoms with Gasteiger partial charge in [0, 0.05) is 11.4 Å². The van der Waals surface area contributed by atoms with Crippen LogP contribution in [0.15, 0.2) is 11.4 Å². The first-order valence-electron chi connectivity index (χ1n) is 4.37. The molecule has 0 radical (unpaired) electrons. The number of aliphatic hydroxyl groups excluding tert-OH is 1. The third-order valence-electron chi connectivity index (χ3n) is 1.32. The first-order valence-corrected chi connectivity index (χ1v) is 6.02. The van der Waals surface area contributed by atoms with E-state index in [2.05, 4.69) is 9.26 Å². The largest absolute Gasteiger partial charge is 0.463 e. The summed E-state index contributed by atoms with van der Waals surface area (Å²) in [7, 11) is -3.97. The van der Waals surface area contributed by atoms with E-state index in [9.17, 15) is 14.3 Å². The lowest BCUT2D eigenvalue weighted by Crippen LogP contribution is -2.05. The molecule has 15 heavy (non-hydrogen) atoms. The van der Waals surface area contributed by atoms with Crippen molar-refractivity contribution in [2.45, 2.75) is 13.8 Å². The van der Waals surface area contributed by atoms with Crippen LogP contribution in [0.25, 0.3) is 0 Å². The van der Waals surface area contributed by atoms with Gasteiger partial charge in [-0.15, -0.1) is 0 Å². The predicted molar refractivity (Wildman–Crippen MR) is 53.3 cm³/mol. The SMILES string of the molecule is CCOC(=O)C(C)=CP(=O)(O)OCCO. The Kier molecular flexibility index (Phi) is 6.43. The van der Waals surface area contributed by atoms with Gasteiger partial charge in [-0.25, -0.2) is 4.79 Å². The smallest absolute Gasteiger partial charge is 0.352 e. The van der Waals surface area contributed by atoms with Gasteiger partial charge >= 0.3 is 13.6 Å². The standard InChI is InChI=1S/C8H15O6P/c1-3-13-8(10)7(2)6-15(11,12)14-5-4-9/h6,9H,3-5H2,1-2H3,(H,11,12). The quantitative estimate of drug-likeness (QED) is 0.401. The number of rotatable bonds is 6. The van der Waals surface area contributed by atoms with Gasteiger partial charge in [0.05, 0.1) is 19.8 Å². The zero-order valence-electron chi connectivity index (χ0n) is 8.67. The average Bonchev–Trinajstić information content (AvgIpc) is 2.14. The number of aliphatic hydroxyl groups is 1. The lowest BCUT2D eigenvalue weighted by atomic mass is 10.4. The minimum absolute atomic E-state index is 0.000577. The summed E-state index contributed by atoms with van der Waals surface area (Å²) in [5, 5.41) is 8.39. The van der Waals surface area contributed by atoms with Crippen LogP contribution in [-0.4, -0.2) is 35.8 Å². The second kappa shape index (κ2) is 6.74. The Labute approximate surface area is 88.0 Å². The Morgan fingerprint density at radius 3 is 2.60 bits per heavy atom. The molecule has 1 unspecified atom stereocenters. The average molecular weight is 238 g/mol. The third-order valence-corrected chi connectivity index (χ3v) is 2.59. The van der Waals surface area contributed by atoms with Crippen molar-refractivity contribution < 1.29 is 28.6 Å². The Morgan fingerprint density at radius 2 is 2.13 bits per heavy atom. The van der Waals surface area contributed by atoms with Crippen molar-refractivity contribution >= 4 is 13.6 Å². The molecule has 0 rings (SSSR count). The summed E-state index contributed by atoms with van der Waals surface area (Å²) in [6, 6.07) is 0. The summed E-state index contributed by atoms with van der Waals surface area (Å²) in [5.74, 6) is 0.139. The van der Waals surface area contributed by atoms with Crippen LogP contribution in [0.4, 0.5) is 0 Å². The van der Waals surface area contributed by atoms with Crippen molar-refractivity contribution in [3.05, 3.63) is 11.4 Å². The van der Waals surface area contributed by atoms with E-state index in [-0.39, 0.29) is 25.4 Å². The fraction of sp³-hybridized carbons (Fsp3) is 0.625. The van der Waals surface area contributed by atoms with Crippen LogP contribution >= 0.6 is 7.60 Å². The zero-order valence-corrected chi connectivity index (χ0v) is 9.57. The summed E-state index contributed by atoms with van der Waals surface area (Å²) >= 11 is 0. The van der Waals surface area contributed by atoms with Gasteiger partial charge in [-0.05, 0) is 13.8 Å². The summed E-state index contributed by atoms with van der Waals surface area (Å²) in [4.78, 5) is 20.2. The Hall–Kier alpha value is -0.680. The molecule has 0 fully saturated rings. The van der Waals surface area contributed by atoms with E-state index in [0.717, 1.165) is 5.82 Å². The fourth-order valence-electron chi connectivity index (χ4n) is 0.751. The van der Waals surface area contributed by atoms with Crippen molar-refractivity contribution in [1.82, 2.24) is 0 Å². The maximum Gasteiger partial charge on any atom is 0.352 e. The molecule has 0 heterocycles. The molecular weight excluding hydrogens is 223 g/mol. The minimum Gasteiger partial charge on any atom is -0.463 e. The summed E-state index contributed by atoms with van der Waals surface area (Å²) < 4.78 is 20.3. The molecule has 0 amide bonds. The lowest BCUT2D eigenvalue weighted by molar-refractivity contribution is -0.138. The van der Waals surface area contributed by atoms with Gasteiger partial charge in [-0.1, -0.05) is 0 Å². The monoisotopic (exact) mass is 238 g/mol. The van der Waals surface area contributed by atoms with Crippen LogP contribution in [0.5, 0.6) is 0 Å². The number of carbonyl (C=O) groups is 1. The van der Waals surface area contributed by atoms with Crippen molar-refractivity contribution in [2.75, 3.05) is 19.8 Å². The van der Waals surface area contributed by atoms with Crippen LogP contribution in [0, 0.1) is 0 Å². The van der Waals surface area contributed by atoms with Gasteiger partial charge in [0.15, 0.2) is 0 Å². The van der Waals surface area contributed by atoms with E-state index in [1.165, 1.54) is 6.92 Å². The highest BCUT2D eigenvalue weighted by atomic mass is 31.2. The highest BCUT2D eigenvalue weighted by Crippen LogP contribution is 2.44. The summed E-state index contributed by atoms with van der Waals surface area (Å²) in [6.07, 6.45) is 0. The molecule has 0 aliphatic carbocycles. The van der Waals surface area contributed by atoms with Crippen molar-refractivity contribution in [2.24, 2.45) is 0 Å². The van der Waals surface area contributed by atoms with Crippen LogP contribution in [-0.2, 0) is 18.6 Å². The molecule has 0 aliphatic rings. The second-order valence-electron chi connectivity index (χ2n) is 2.65. The molecule has 0 aromatic rings. The van der Waals surface area contributed by atoms with Gasteiger partial charge in [0.1, 0.15) is 0 Å². The van der Waals surface area contributed by atoms with Crippen LogP contribution in [0.3, 0.4) is 0 Å². The number of ether oxygens (including phenoxy) is 1. The van der Waals surface area contributed by atoms with Crippen molar-refractivity contribution in [3.8, 4) is 0 Å². The molecule has 0 bridgehead atoms. The molecule has 7 heteroatoms. The maximum absolute atomic E-state index is 11.2. The van der Waals surface area contributed by atoms with Crippen LogP contribution in [0.2, 0.25) is 0 Å². The molecule has 0 spiro atoms. The van der Waals surface area contributed by atoms with E-state index >= 15 is 0 Å². The van der Waals surface area contributed by atoms with Gasteiger partial charge in [-0.3, -0.25) is 4.57 Å². The Bertz CT molecular complexity index is 285. The molecule has 0 aromatic carbocycles. The topological polar surface area (TPSA) is 93.1 Å². The van der Waals surface area contributed by atoms with Crippen LogP contribution < -0.4 is 0 Å². The van der Waals surface area contributed by atoms with Gasteiger partial charge < -0.3 is 19.3 Å². The van der Waals surface area contributed by atoms with Crippen LogP contribution in [0.1, 0.15) is 13.8 Å². The zero-order chi connectivity index (χ0) is 11.9. The van der Waals surface area contributed by atoms with E-state index in [1.54, 1.807) is 6.92 Å². The molecule has 2 N–H and O–H groups in total. The van der Waals surface area contributed by atoms with E-state index in [1.807, 2.05) is 0 Å². The molecule has 88 valence electrons.